The highest BCUT2D eigenvalue weighted by molar-refractivity contribution is 6.33. The van der Waals surface area contributed by atoms with Gasteiger partial charge < -0.3 is 14.4 Å². The lowest BCUT2D eigenvalue weighted by atomic mass is 10.1. The molecule has 2 amide bonds. The molecule has 1 aromatic heterocycles. The van der Waals surface area contributed by atoms with E-state index in [1.54, 1.807) is 22.1 Å². The zero-order chi connectivity index (χ0) is 23.5. The van der Waals surface area contributed by atoms with Gasteiger partial charge in [0.15, 0.2) is 0 Å². The monoisotopic (exact) mass is 467 g/mol. The summed E-state index contributed by atoms with van der Waals surface area (Å²) in [6.45, 7) is 3.53. The van der Waals surface area contributed by atoms with Crippen LogP contribution in [-0.2, 0) is 6.54 Å². The number of carbonyl (C=O) groups is 2. The lowest BCUT2D eigenvalue weighted by Crippen LogP contribution is -2.51. The Morgan fingerprint density at radius 2 is 1.58 bits per heavy atom. The van der Waals surface area contributed by atoms with E-state index in [0.717, 1.165) is 17.2 Å². The second kappa shape index (κ2) is 9.58. The van der Waals surface area contributed by atoms with Gasteiger partial charge in [0.2, 0.25) is 0 Å². The molecule has 0 bridgehead atoms. The molecule has 33 heavy (non-hydrogen) atoms. The Bertz CT molecular complexity index is 1270. The van der Waals surface area contributed by atoms with Gasteiger partial charge in [-0.05, 0) is 42.8 Å². The highest BCUT2D eigenvalue weighted by Crippen LogP contribution is 2.20. The minimum absolute atomic E-state index is 0.0527. The van der Waals surface area contributed by atoms with Crippen LogP contribution in [0.15, 0.2) is 65.6 Å². The van der Waals surface area contributed by atoms with E-state index in [2.05, 4.69) is 0 Å². The first-order valence-corrected chi connectivity index (χ1v) is 11.0. The molecule has 0 aliphatic carbocycles. The molecule has 0 unspecified atom stereocenters. The molecule has 6 nitrogen and oxygen atoms in total. The van der Waals surface area contributed by atoms with Crippen LogP contribution >= 0.6 is 11.6 Å². The van der Waals surface area contributed by atoms with Gasteiger partial charge in [0, 0.05) is 32.4 Å². The van der Waals surface area contributed by atoms with Crippen molar-refractivity contribution in [1.29, 1.82) is 0 Å². The predicted molar refractivity (Wildman–Crippen MR) is 124 cm³/mol. The van der Waals surface area contributed by atoms with Crippen molar-refractivity contribution >= 4 is 23.4 Å². The van der Waals surface area contributed by atoms with E-state index < -0.39 is 5.82 Å². The number of aromatic nitrogens is 1. The zero-order valence-corrected chi connectivity index (χ0v) is 18.9. The lowest BCUT2D eigenvalue weighted by Gasteiger charge is -2.35. The Hall–Kier alpha value is -3.45. The first kappa shape index (κ1) is 22.7. The maximum absolute atomic E-state index is 13.3. The molecule has 8 heteroatoms. The zero-order valence-electron chi connectivity index (χ0n) is 18.1. The highest BCUT2D eigenvalue weighted by atomic mass is 35.5. The molecule has 2 heterocycles. The van der Waals surface area contributed by atoms with Crippen molar-refractivity contribution in [3.05, 3.63) is 104 Å². The molecule has 0 N–H and O–H groups in total. The summed E-state index contributed by atoms with van der Waals surface area (Å²) in [5, 5.41) is 0.0527. The Labute approximate surface area is 195 Å². The molecule has 3 aromatic rings. The quantitative estimate of drug-likeness (QED) is 0.589. The first-order valence-electron chi connectivity index (χ1n) is 10.6. The first-order chi connectivity index (χ1) is 15.8. The van der Waals surface area contributed by atoms with Crippen molar-refractivity contribution in [1.82, 2.24) is 14.4 Å². The van der Waals surface area contributed by atoms with Crippen LogP contribution in [0.5, 0.6) is 0 Å². The maximum atomic E-state index is 13.3. The fourth-order valence-electron chi connectivity index (χ4n) is 3.95. The molecule has 1 aliphatic rings. The molecule has 170 valence electrons. The number of carbonyl (C=O) groups excluding carboxylic acids is 2. The molecule has 0 saturated carbocycles. The molecule has 0 radical (unpaired) electrons. The number of hydrogen-bond donors (Lipinski definition) is 0. The largest absolute Gasteiger partial charge is 0.335 e. The summed E-state index contributed by atoms with van der Waals surface area (Å²) in [5.74, 6) is -1.18. The molecule has 4 rings (SSSR count). The van der Waals surface area contributed by atoms with Crippen LogP contribution in [0.2, 0.25) is 5.02 Å². The molecular formula is C25H23ClFN3O3. The number of rotatable bonds is 4. The third-order valence-electron chi connectivity index (χ3n) is 5.70. The third kappa shape index (κ3) is 4.98. The molecule has 2 aromatic carbocycles. The van der Waals surface area contributed by atoms with Crippen molar-refractivity contribution in [2.45, 2.75) is 13.5 Å². The van der Waals surface area contributed by atoms with Crippen molar-refractivity contribution in [2.75, 3.05) is 26.2 Å². The van der Waals surface area contributed by atoms with Crippen molar-refractivity contribution < 1.29 is 14.0 Å². The van der Waals surface area contributed by atoms with Crippen LogP contribution in [0.1, 0.15) is 31.8 Å². The van der Waals surface area contributed by atoms with E-state index in [0.29, 0.717) is 19.6 Å². The normalized spacial score (nSPS) is 13.8. The fraction of sp³-hybridized carbons (Fsp3) is 0.240. The van der Waals surface area contributed by atoms with Crippen LogP contribution in [0, 0.1) is 12.7 Å². The minimum atomic E-state index is -0.511. The average molecular weight is 468 g/mol. The predicted octanol–water partition coefficient (Wildman–Crippen LogP) is 3.60. The number of halogens is 2. The van der Waals surface area contributed by atoms with Gasteiger partial charge in [0.05, 0.1) is 17.1 Å². The standard InChI is InChI=1S/C25H23ClFN3O3/c1-17-4-2-5-18(14-17)16-30-9-3-6-21(25(30)33)24(32)29-12-10-28(11-13-29)23(31)20-8-7-19(27)15-22(20)26/h2-9,14-15H,10-13,16H2,1H3. The van der Waals surface area contributed by atoms with Gasteiger partial charge in [-0.15, -0.1) is 0 Å². The van der Waals surface area contributed by atoms with Gasteiger partial charge in [0.1, 0.15) is 11.4 Å². The summed E-state index contributed by atoms with van der Waals surface area (Å²) >= 11 is 6.01. The van der Waals surface area contributed by atoms with Crippen molar-refractivity contribution in [2.24, 2.45) is 0 Å². The number of nitrogens with zero attached hydrogens (tertiary/aromatic N) is 3. The van der Waals surface area contributed by atoms with Gasteiger partial charge >= 0.3 is 0 Å². The molecular weight excluding hydrogens is 445 g/mol. The van der Waals surface area contributed by atoms with Crippen LogP contribution in [0.4, 0.5) is 4.39 Å². The van der Waals surface area contributed by atoms with Crippen molar-refractivity contribution in [3.8, 4) is 0 Å². The van der Waals surface area contributed by atoms with E-state index in [4.69, 9.17) is 11.6 Å². The summed E-state index contributed by atoms with van der Waals surface area (Å²) < 4.78 is 14.8. The lowest BCUT2D eigenvalue weighted by molar-refractivity contribution is 0.0534. The van der Waals surface area contributed by atoms with E-state index in [1.807, 2.05) is 31.2 Å². The van der Waals surface area contributed by atoms with Crippen molar-refractivity contribution in [3.63, 3.8) is 0 Å². The number of pyridine rings is 1. The third-order valence-corrected chi connectivity index (χ3v) is 6.01. The Balaban J connectivity index is 1.44. The second-order valence-corrected chi connectivity index (χ2v) is 8.46. The maximum Gasteiger partial charge on any atom is 0.263 e. The fourth-order valence-corrected chi connectivity index (χ4v) is 4.20. The van der Waals surface area contributed by atoms with Crippen LogP contribution in [-0.4, -0.2) is 52.4 Å². The number of hydrogen-bond acceptors (Lipinski definition) is 3. The summed E-state index contributed by atoms with van der Waals surface area (Å²) in [4.78, 5) is 41.9. The number of piperazine rings is 1. The summed E-state index contributed by atoms with van der Waals surface area (Å²) in [7, 11) is 0. The molecule has 1 aliphatic heterocycles. The summed E-state index contributed by atoms with van der Waals surface area (Å²) in [6.07, 6.45) is 1.67. The average Bonchev–Trinajstić information content (AvgIpc) is 2.80. The Kier molecular flexibility index (Phi) is 6.60. The van der Waals surface area contributed by atoms with Gasteiger partial charge in [0.25, 0.3) is 17.4 Å². The molecule has 0 atom stereocenters. The van der Waals surface area contributed by atoms with Gasteiger partial charge in [-0.1, -0.05) is 41.4 Å². The van der Waals surface area contributed by atoms with Gasteiger partial charge in [-0.25, -0.2) is 4.39 Å². The summed E-state index contributed by atoms with van der Waals surface area (Å²) in [6, 6.07) is 14.8. The minimum Gasteiger partial charge on any atom is -0.335 e. The molecule has 1 saturated heterocycles. The van der Waals surface area contributed by atoms with E-state index in [1.165, 1.54) is 22.8 Å². The second-order valence-electron chi connectivity index (χ2n) is 8.05. The topological polar surface area (TPSA) is 62.6 Å². The number of amides is 2. The van der Waals surface area contributed by atoms with Gasteiger partial charge in [-0.3, -0.25) is 14.4 Å². The SMILES string of the molecule is Cc1cccc(Cn2cccc(C(=O)N3CCN(C(=O)c4ccc(F)cc4Cl)CC3)c2=O)c1. The number of benzene rings is 2. The molecule has 0 spiro atoms. The van der Waals surface area contributed by atoms with Crippen LogP contribution < -0.4 is 5.56 Å². The van der Waals surface area contributed by atoms with Gasteiger partial charge in [-0.2, -0.15) is 0 Å². The number of aryl methyl sites for hydroxylation is 1. The van der Waals surface area contributed by atoms with Crippen LogP contribution in [0.3, 0.4) is 0 Å². The Morgan fingerprint density at radius 1 is 0.909 bits per heavy atom. The van der Waals surface area contributed by atoms with E-state index in [9.17, 15) is 18.8 Å². The summed E-state index contributed by atoms with van der Waals surface area (Å²) in [5.41, 5.74) is 2.06. The molecule has 1 fully saturated rings. The highest BCUT2D eigenvalue weighted by Gasteiger charge is 2.27. The smallest absolute Gasteiger partial charge is 0.263 e. The Morgan fingerprint density at radius 3 is 2.21 bits per heavy atom. The van der Waals surface area contributed by atoms with Crippen LogP contribution in [0.25, 0.3) is 0 Å². The van der Waals surface area contributed by atoms with E-state index >= 15 is 0 Å². The van der Waals surface area contributed by atoms with E-state index in [-0.39, 0.29) is 46.6 Å².